The Balaban J connectivity index is 0.00000192. The van der Waals surface area contributed by atoms with Gasteiger partial charge in [0, 0.05) is 32.7 Å². The second-order valence-corrected chi connectivity index (χ2v) is 5.54. The molecule has 2 aromatic carbocycles. The van der Waals surface area contributed by atoms with E-state index in [9.17, 15) is 14.6 Å². The van der Waals surface area contributed by atoms with Crippen molar-refractivity contribution in [1.29, 1.82) is 0 Å². The van der Waals surface area contributed by atoms with Crippen LogP contribution in [0.2, 0.25) is 0 Å². The predicted octanol–water partition coefficient (Wildman–Crippen LogP) is 2.98. The Morgan fingerprint density at radius 1 is 0.913 bits per heavy atom. The van der Waals surface area contributed by atoms with Gasteiger partial charge in [-0.15, -0.1) is 12.4 Å². The van der Waals surface area contributed by atoms with Crippen LogP contribution in [0.5, 0.6) is 11.5 Å². The summed E-state index contributed by atoms with van der Waals surface area (Å²) in [5.74, 6) is -0.588. The van der Waals surface area contributed by atoms with Crippen LogP contribution >= 0.6 is 12.4 Å². The molecular formula is C17H20ClFN2O2. The molecule has 0 amide bonds. The maximum absolute atomic E-state index is 13.4. The topological polar surface area (TPSA) is 46.9 Å². The van der Waals surface area contributed by atoms with Crippen molar-refractivity contribution in [1.82, 2.24) is 4.90 Å². The highest BCUT2D eigenvalue weighted by molar-refractivity contribution is 5.85. The minimum Gasteiger partial charge on any atom is -0.506 e. The lowest BCUT2D eigenvalue weighted by atomic mass is 10.1. The molecule has 4 nitrogen and oxygen atoms in total. The first-order valence-electron chi connectivity index (χ1n) is 7.36. The summed E-state index contributed by atoms with van der Waals surface area (Å²) < 4.78 is 13.4. The maximum Gasteiger partial charge on any atom is 0.165 e. The molecular weight excluding hydrogens is 319 g/mol. The van der Waals surface area contributed by atoms with Crippen molar-refractivity contribution in [3.8, 4) is 11.5 Å². The van der Waals surface area contributed by atoms with Crippen molar-refractivity contribution in [3.05, 3.63) is 53.8 Å². The van der Waals surface area contributed by atoms with Crippen molar-refractivity contribution >= 4 is 18.1 Å². The van der Waals surface area contributed by atoms with E-state index in [0.29, 0.717) is 12.3 Å². The van der Waals surface area contributed by atoms with Gasteiger partial charge in [0.15, 0.2) is 11.6 Å². The summed E-state index contributed by atoms with van der Waals surface area (Å²) in [6, 6.07) is 11.9. The van der Waals surface area contributed by atoms with Crippen LogP contribution in [0.15, 0.2) is 42.5 Å². The highest BCUT2D eigenvalue weighted by Crippen LogP contribution is 2.27. The highest BCUT2D eigenvalue weighted by atomic mass is 35.5. The van der Waals surface area contributed by atoms with Crippen LogP contribution in [-0.2, 0) is 6.54 Å². The molecule has 2 aromatic rings. The molecule has 1 fully saturated rings. The lowest BCUT2D eigenvalue weighted by molar-refractivity contribution is 0.249. The fourth-order valence-electron chi connectivity index (χ4n) is 2.79. The van der Waals surface area contributed by atoms with E-state index in [1.807, 2.05) is 18.2 Å². The first kappa shape index (κ1) is 17.4. The zero-order valence-electron chi connectivity index (χ0n) is 12.7. The van der Waals surface area contributed by atoms with Gasteiger partial charge in [0.1, 0.15) is 5.75 Å². The van der Waals surface area contributed by atoms with Crippen molar-refractivity contribution in [2.24, 2.45) is 0 Å². The molecule has 1 aliphatic heterocycles. The molecule has 0 aliphatic carbocycles. The summed E-state index contributed by atoms with van der Waals surface area (Å²) in [5.41, 5.74) is 1.71. The fourth-order valence-corrected chi connectivity index (χ4v) is 2.79. The molecule has 1 saturated heterocycles. The molecule has 0 aromatic heterocycles. The third-order valence-electron chi connectivity index (χ3n) is 4.01. The van der Waals surface area contributed by atoms with Gasteiger partial charge in [-0.05, 0) is 29.8 Å². The molecule has 0 bridgehead atoms. The lowest BCUT2D eigenvalue weighted by Gasteiger charge is -2.36. The lowest BCUT2D eigenvalue weighted by Crippen LogP contribution is -2.46. The Morgan fingerprint density at radius 2 is 1.61 bits per heavy atom. The monoisotopic (exact) mass is 338 g/mol. The SMILES string of the molecule is Cl.Oc1ccc(CN2CCN(c3ccccc3O)CC2)cc1F. The van der Waals surface area contributed by atoms with Crippen molar-refractivity contribution in [3.63, 3.8) is 0 Å². The van der Waals surface area contributed by atoms with E-state index in [1.54, 1.807) is 12.1 Å². The van der Waals surface area contributed by atoms with Crippen LogP contribution in [0.3, 0.4) is 0 Å². The largest absolute Gasteiger partial charge is 0.506 e. The molecule has 0 spiro atoms. The number of rotatable bonds is 3. The van der Waals surface area contributed by atoms with Crippen LogP contribution in [-0.4, -0.2) is 41.3 Å². The smallest absolute Gasteiger partial charge is 0.165 e. The molecule has 1 aliphatic rings. The van der Waals surface area contributed by atoms with Crippen LogP contribution in [0.4, 0.5) is 10.1 Å². The molecule has 0 atom stereocenters. The van der Waals surface area contributed by atoms with E-state index in [-0.39, 0.29) is 18.2 Å². The summed E-state index contributed by atoms with van der Waals surface area (Å²) in [5, 5.41) is 19.1. The van der Waals surface area contributed by atoms with Gasteiger partial charge in [0.05, 0.1) is 5.69 Å². The third kappa shape index (κ3) is 4.06. The summed E-state index contributed by atoms with van der Waals surface area (Å²) in [7, 11) is 0. The molecule has 23 heavy (non-hydrogen) atoms. The predicted molar refractivity (Wildman–Crippen MR) is 90.9 cm³/mol. The summed E-state index contributed by atoms with van der Waals surface area (Å²) in [4.78, 5) is 4.39. The minimum atomic E-state index is -0.578. The molecule has 0 radical (unpaired) electrons. The number of para-hydroxylation sites is 2. The standard InChI is InChI=1S/C17H19FN2O2.ClH/c18-14-11-13(5-6-16(14)21)12-19-7-9-20(10-8-19)15-3-1-2-4-17(15)22;/h1-6,11,21-22H,7-10,12H2;1H. The number of benzene rings is 2. The number of phenols is 2. The van der Waals surface area contributed by atoms with Gasteiger partial charge >= 0.3 is 0 Å². The van der Waals surface area contributed by atoms with E-state index in [0.717, 1.165) is 37.4 Å². The zero-order valence-corrected chi connectivity index (χ0v) is 13.5. The van der Waals surface area contributed by atoms with Gasteiger partial charge in [-0.25, -0.2) is 4.39 Å². The Kier molecular flexibility index (Phi) is 5.69. The van der Waals surface area contributed by atoms with Gasteiger partial charge in [-0.3, -0.25) is 4.90 Å². The third-order valence-corrected chi connectivity index (χ3v) is 4.01. The normalized spacial score (nSPS) is 15.3. The van der Waals surface area contributed by atoms with E-state index >= 15 is 0 Å². The molecule has 3 rings (SSSR count). The van der Waals surface area contributed by atoms with E-state index in [4.69, 9.17) is 0 Å². The number of hydrogen-bond donors (Lipinski definition) is 2. The van der Waals surface area contributed by atoms with Crippen molar-refractivity contribution < 1.29 is 14.6 Å². The molecule has 2 N–H and O–H groups in total. The van der Waals surface area contributed by atoms with Crippen molar-refractivity contribution in [2.45, 2.75) is 6.54 Å². The highest BCUT2D eigenvalue weighted by Gasteiger charge is 2.19. The van der Waals surface area contributed by atoms with Crippen molar-refractivity contribution in [2.75, 3.05) is 31.1 Å². The maximum atomic E-state index is 13.4. The van der Waals surface area contributed by atoms with E-state index in [1.165, 1.54) is 12.1 Å². The molecule has 6 heteroatoms. The molecule has 0 unspecified atom stereocenters. The number of piperazine rings is 1. The number of anilines is 1. The first-order chi connectivity index (χ1) is 10.6. The number of hydrogen-bond acceptors (Lipinski definition) is 4. The molecule has 1 heterocycles. The van der Waals surface area contributed by atoms with Gasteiger partial charge in [0.25, 0.3) is 0 Å². The van der Waals surface area contributed by atoms with Gasteiger partial charge in [-0.1, -0.05) is 18.2 Å². The Morgan fingerprint density at radius 3 is 2.26 bits per heavy atom. The Labute approximate surface area is 141 Å². The second kappa shape index (κ2) is 7.53. The number of phenolic OH excluding ortho intramolecular Hbond substituents is 2. The Bertz CT molecular complexity index is 661. The average molecular weight is 339 g/mol. The van der Waals surface area contributed by atoms with Gasteiger partial charge in [0.2, 0.25) is 0 Å². The number of aromatic hydroxyl groups is 2. The van der Waals surface area contributed by atoms with Crippen LogP contribution in [0, 0.1) is 5.82 Å². The summed E-state index contributed by atoms with van der Waals surface area (Å²) in [6.07, 6.45) is 0. The van der Waals surface area contributed by atoms with E-state index in [2.05, 4.69) is 9.80 Å². The van der Waals surface area contributed by atoms with E-state index < -0.39 is 5.82 Å². The Hall–Kier alpha value is -1.98. The summed E-state index contributed by atoms with van der Waals surface area (Å²) >= 11 is 0. The summed E-state index contributed by atoms with van der Waals surface area (Å²) in [6.45, 7) is 3.98. The molecule has 0 saturated carbocycles. The number of halogens is 2. The van der Waals surface area contributed by atoms with Gasteiger partial charge in [-0.2, -0.15) is 0 Å². The van der Waals surface area contributed by atoms with Crippen LogP contribution in [0.25, 0.3) is 0 Å². The first-order valence-corrected chi connectivity index (χ1v) is 7.36. The van der Waals surface area contributed by atoms with Crippen LogP contribution in [0.1, 0.15) is 5.56 Å². The average Bonchev–Trinajstić information content (AvgIpc) is 2.52. The fraction of sp³-hybridized carbons (Fsp3) is 0.294. The quantitative estimate of drug-likeness (QED) is 0.903. The van der Waals surface area contributed by atoms with Crippen LogP contribution < -0.4 is 4.90 Å². The van der Waals surface area contributed by atoms with Gasteiger partial charge < -0.3 is 15.1 Å². The number of nitrogens with zero attached hydrogens (tertiary/aromatic N) is 2. The minimum absolute atomic E-state index is 0. The second-order valence-electron chi connectivity index (χ2n) is 5.54. The zero-order chi connectivity index (χ0) is 15.5. The molecule has 124 valence electrons.